The van der Waals surface area contributed by atoms with Gasteiger partial charge < -0.3 is 9.59 Å². The maximum absolute atomic E-state index is 8.77. The Morgan fingerprint density at radius 1 is 1.45 bits per heavy atom. The van der Waals surface area contributed by atoms with Crippen molar-refractivity contribution in [2.75, 3.05) is 33.3 Å². The van der Waals surface area contributed by atoms with Gasteiger partial charge in [-0.25, -0.2) is 0 Å². The van der Waals surface area contributed by atoms with Crippen molar-refractivity contribution in [2.24, 2.45) is 0 Å². The van der Waals surface area contributed by atoms with Gasteiger partial charge in [-0.2, -0.15) is 0 Å². The molecule has 2 nitrogen and oxygen atoms in total. The van der Waals surface area contributed by atoms with E-state index >= 15 is 0 Å². The second-order valence-corrected chi connectivity index (χ2v) is 3.15. The molecule has 0 saturated heterocycles. The third kappa shape index (κ3) is 4.02. The van der Waals surface area contributed by atoms with E-state index in [1.54, 1.807) is 0 Å². The van der Waals surface area contributed by atoms with Gasteiger partial charge in [-0.1, -0.05) is 6.92 Å². The molecule has 0 saturated carbocycles. The topological polar surface area (TPSA) is 20.2 Å². The van der Waals surface area contributed by atoms with Gasteiger partial charge in [0.25, 0.3) is 0 Å². The average Bonchev–Trinajstić information content (AvgIpc) is 1.88. The fourth-order valence-electron chi connectivity index (χ4n) is 1.27. The summed E-state index contributed by atoms with van der Waals surface area (Å²) >= 11 is 0. The minimum Gasteiger partial charge on any atom is -0.391 e. The minimum atomic E-state index is 0.220. The molecule has 0 aliphatic carbocycles. The second kappa shape index (κ2) is 5.17. The van der Waals surface area contributed by atoms with Gasteiger partial charge >= 0.3 is 0 Å². The molecule has 0 radical (unpaired) electrons. The van der Waals surface area contributed by atoms with Crippen LogP contribution in [0.1, 0.15) is 13.3 Å². The molecule has 64 valence electrons. The highest BCUT2D eigenvalue weighted by Crippen LogP contribution is 2.01. The molecule has 0 rings (SSSR count). The Kier molecular flexibility index (Phi) is 4.93. The number of quaternary nitrogens is 1. The maximum Gasteiger partial charge on any atom is 0.140 e. The summed E-state index contributed by atoms with van der Waals surface area (Å²) in [7, 11) is 2.08. The Balaban J connectivity index is 3.92. The lowest BCUT2D eigenvalue weighted by atomic mass is 10.3. The van der Waals surface area contributed by atoms with Crippen molar-refractivity contribution < 1.29 is 9.59 Å². The Labute approximate surface area is 69.4 Å². The zero-order chi connectivity index (χ0) is 8.74. The van der Waals surface area contributed by atoms with E-state index in [4.69, 9.17) is 11.5 Å². The van der Waals surface area contributed by atoms with Crippen molar-refractivity contribution in [1.29, 1.82) is 0 Å². The van der Waals surface area contributed by atoms with Gasteiger partial charge in [-0.05, 0) is 12.3 Å². The zero-order valence-electron chi connectivity index (χ0n) is 7.51. The molecule has 11 heavy (non-hydrogen) atoms. The summed E-state index contributed by atoms with van der Waals surface area (Å²) in [6, 6.07) is 0. The number of terminal acetylenes is 1. The number of nitrogens with zero attached hydrogens (tertiary/aromatic N) is 1. The molecule has 0 aromatic carbocycles. The van der Waals surface area contributed by atoms with Gasteiger partial charge in [-0.15, -0.1) is 6.42 Å². The Bertz CT molecular complexity index is 131. The number of hydrogen-bond acceptors (Lipinski definition) is 1. The Morgan fingerprint density at radius 2 is 2.09 bits per heavy atom. The van der Waals surface area contributed by atoms with E-state index in [0.29, 0.717) is 6.54 Å². The highest BCUT2D eigenvalue weighted by atomic mass is 16.3. The van der Waals surface area contributed by atoms with Crippen LogP contribution in [-0.2, 0) is 0 Å². The fraction of sp³-hybridized carbons (Fsp3) is 0.778. The Morgan fingerprint density at radius 3 is 2.45 bits per heavy atom. The van der Waals surface area contributed by atoms with E-state index in [9.17, 15) is 0 Å². The molecule has 1 N–H and O–H groups in total. The molecule has 0 aliphatic heterocycles. The predicted octanol–water partition coefficient (Wildman–Crippen LogP) is 0.468. The van der Waals surface area contributed by atoms with Crippen molar-refractivity contribution in [2.45, 2.75) is 13.3 Å². The molecule has 0 heterocycles. The predicted molar refractivity (Wildman–Crippen MR) is 47.0 cm³/mol. The van der Waals surface area contributed by atoms with E-state index in [-0.39, 0.29) is 6.61 Å². The van der Waals surface area contributed by atoms with Crippen LogP contribution >= 0.6 is 0 Å². The van der Waals surface area contributed by atoms with Gasteiger partial charge in [0.1, 0.15) is 13.1 Å². The highest BCUT2D eigenvalue weighted by Gasteiger charge is 2.17. The standard InChI is InChI=1S/C9H18NO/c1-4-6-10(3,7-5-2)8-9-11/h1,11H,5-9H2,2-3H3/q+1. The van der Waals surface area contributed by atoms with Crippen LogP contribution in [0.2, 0.25) is 0 Å². The molecule has 1 unspecified atom stereocenters. The molecular weight excluding hydrogens is 138 g/mol. The first-order chi connectivity index (χ1) is 5.18. The van der Waals surface area contributed by atoms with Gasteiger partial charge in [-0.3, -0.25) is 0 Å². The normalized spacial score (nSPS) is 15.5. The van der Waals surface area contributed by atoms with Crippen LogP contribution in [-0.4, -0.2) is 42.9 Å². The molecule has 0 amide bonds. The maximum atomic E-state index is 8.77. The van der Waals surface area contributed by atoms with Crippen LogP contribution < -0.4 is 0 Å². The minimum absolute atomic E-state index is 0.220. The molecule has 1 atom stereocenters. The van der Waals surface area contributed by atoms with Crippen molar-refractivity contribution in [3.05, 3.63) is 0 Å². The highest BCUT2D eigenvalue weighted by molar-refractivity contribution is 4.83. The summed E-state index contributed by atoms with van der Waals surface area (Å²) in [5, 5.41) is 8.77. The van der Waals surface area contributed by atoms with Crippen LogP contribution in [0.4, 0.5) is 0 Å². The number of hydrogen-bond donors (Lipinski definition) is 1. The van der Waals surface area contributed by atoms with Gasteiger partial charge in [0.15, 0.2) is 0 Å². The van der Waals surface area contributed by atoms with Crippen LogP contribution in [0.3, 0.4) is 0 Å². The van der Waals surface area contributed by atoms with Crippen LogP contribution in [0, 0.1) is 12.3 Å². The lowest BCUT2D eigenvalue weighted by Gasteiger charge is -2.31. The molecule has 0 spiro atoms. The number of rotatable bonds is 5. The monoisotopic (exact) mass is 156 g/mol. The number of likely N-dealkylation sites (N-methyl/N-ethyl adjacent to an activating group) is 1. The van der Waals surface area contributed by atoms with Crippen LogP contribution in [0.5, 0.6) is 0 Å². The summed E-state index contributed by atoms with van der Waals surface area (Å²) < 4.78 is 0.795. The third-order valence-corrected chi connectivity index (χ3v) is 1.88. The quantitative estimate of drug-likeness (QED) is 0.453. The van der Waals surface area contributed by atoms with Crippen molar-refractivity contribution in [1.82, 2.24) is 0 Å². The first-order valence-electron chi connectivity index (χ1n) is 4.06. The molecule has 2 heteroatoms. The Hall–Kier alpha value is -0.520. The van der Waals surface area contributed by atoms with Gasteiger partial charge in [0, 0.05) is 0 Å². The summed E-state index contributed by atoms with van der Waals surface area (Å²) in [5.74, 6) is 2.64. The largest absolute Gasteiger partial charge is 0.391 e. The van der Waals surface area contributed by atoms with E-state index < -0.39 is 0 Å². The molecule has 0 aromatic heterocycles. The molecule has 0 aliphatic rings. The van der Waals surface area contributed by atoms with Crippen molar-refractivity contribution in [3.63, 3.8) is 0 Å². The fourth-order valence-corrected chi connectivity index (χ4v) is 1.27. The number of aliphatic hydroxyl groups is 1. The van der Waals surface area contributed by atoms with Crippen molar-refractivity contribution in [3.8, 4) is 12.3 Å². The third-order valence-electron chi connectivity index (χ3n) is 1.88. The first kappa shape index (κ1) is 10.5. The second-order valence-electron chi connectivity index (χ2n) is 3.15. The lowest BCUT2D eigenvalue weighted by Crippen LogP contribution is -2.46. The van der Waals surface area contributed by atoms with Crippen LogP contribution in [0.25, 0.3) is 0 Å². The summed E-state index contributed by atoms with van der Waals surface area (Å²) in [6.45, 7) is 4.87. The lowest BCUT2D eigenvalue weighted by molar-refractivity contribution is -0.903. The SMILES string of the molecule is C#CC[N+](C)(CCC)CCO. The first-order valence-corrected chi connectivity index (χ1v) is 4.06. The van der Waals surface area contributed by atoms with Gasteiger partial charge in [0.2, 0.25) is 0 Å². The molecule has 0 bridgehead atoms. The summed E-state index contributed by atoms with van der Waals surface area (Å²) in [5.41, 5.74) is 0. The number of aliphatic hydroxyl groups excluding tert-OH is 1. The van der Waals surface area contributed by atoms with E-state index in [1.165, 1.54) is 0 Å². The van der Waals surface area contributed by atoms with Crippen molar-refractivity contribution >= 4 is 0 Å². The summed E-state index contributed by atoms with van der Waals surface area (Å²) in [4.78, 5) is 0. The molecule has 0 aromatic rings. The summed E-state index contributed by atoms with van der Waals surface area (Å²) in [6.07, 6.45) is 6.34. The zero-order valence-corrected chi connectivity index (χ0v) is 7.51. The van der Waals surface area contributed by atoms with Crippen LogP contribution in [0.15, 0.2) is 0 Å². The van der Waals surface area contributed by atoms with E-state index in [1.807, 2.05) is 0 Å². The molecule has 0 fully saturated rings. The van der Waals surface area contributed by atoms with Gasteiger partial charge in [0.05, 0.1) is 20.2 Å². The average molecular weight is 156 g/mol. The smallest absolute Gasteiger partial charge is 0.140 e. The van der Waals surface area contributed by atoms with E-state index in [0.717, 1.165) is 24.0 Å². The molecular formula is C9H18NO+. The van der Waals surface area contributed by atoms with E-state index in [2.05, 4.69) is 19.9 Å².